The predicted molar refractivity (Wildman–Crippen MR) is 69.1 cm³/mol. The molecule has 4 heteroatoms. The maximum absolute atomic E-state index is 4.32. The Labute approximate surface area is 101 Å². The van der Waals surface area contributed by atoms with E-state index in [1.165, 1.54) is 24.0 Å². The van der Waals surface area contributed by atoms with Gasteiger partial charge in [0.2, 0.25) is 0 Å². The third-order valence-electron chi connectivity index (χ3n) is 3.44. The van der Waals surface area contributed by atoms with E-state index in [2.05, 4.69) is 32.4 Å². The Morgan fingerprint density at radius 2 is 2.18 bits per heavy atom. The molecule has 0 unspecified atom stereocenters. The SMILES string of the molecule is c1cnc2[nH]cc(CCN3CCNCC3)c2c1. The zero-order valence-electron chi connectivity index (χ0n) is 9.95. The molecule has 2 aromatic heterocycles. The van der Waals surface area contributed by atoms with Gasteiger partial charge in [-0.1, -0.05) is 0 Å². The molecule has 3 rings (SSSR count). The second-order valence-electron chi connectivity index (χ2n) is 4.56. The number of H-pyrrole nitrogens is 1. The molecular formula is C13H18N4. The Kier molecular flexibility index (Phi) is 3.07. The first kappa shape index (κ1) is 10.7. The zero-order chi connectivity index (χ0) is 11.5. The second kappa shape index (κ2) is 4.85. The predicted octanol–water partition coefficient (Wildman–Crippen LogP) is 1.01. The van der Waals surface area contributed by atoms with Crippen molar-refractivity contribution >= 4 is 11.0 Å². The number of pyridine rings is 1. The van der Waals surface area contributed by atoms with E-state index in [4.69, 9.17) is 0 Å². The molecule has 0 atom stereocenters. The summed E-state index contributed by atoms with van der Waals surface area (Å²) in [5, 5.41) is 4.65. The van der Waals surface area contributed by atoms with Gasteiger partial charge in [-0.25, -0.2) is 4.98 Å². The molecule has 0 aliphatic carbocycles. The minimum Gasteiger partial charge on any atom is -0.346 e. The van der Waals surface area contributed by atoms with E-state index in [1.54, 1.807) is 0 Å². The largest absolute Gasteiger partial charge is 0.346 e. The molecule has 0 amide bonds. The first-order chi connectivity index (χ1) is 8.43. The van der Waals surface area contributed by atoms with Gasteiger partial charge in [0, 0.05) is 50.5 Å². The molecule has 17 heavy (non-hydrogen) atoms. The lowest BCUT2D eigenvalue weighted by molar-refractivity contribution is 0.244. The van der Waals surface area contributed by atoms with E-state index >= 15 is 0 Å². The van der Waals surface area contributed by atoms with Crippen LogP contribution in [0.3, 0.4) is 0 Å². The van der Waals surface area contributed by atoms with Gasteiger partial charge in [0.15, 0.2) is 0 Å². The fourth-order valence-electron chi connectivity index (χ4n) is 2.43. The first-order valence-electron chi connectivity index (χ1n) is 6.27. The summed E-state index contributed by atoms with van der Waals surface area (Å²) < 4.78 is 0. The standard InChI is InChI=1S/C13H18N4/c1-2-12-11(10-16-13(12)15-4-1)3-7-17-8-5-14-6-9-17/h1-2,4,10,14H,3,5-9H2,(H,15,16). The van der Waals surface area contributed by atoms with Crippen LogP contribution in [0.2, 0.25) is 0 Å². The average molecular weight is 230 g/mol. The molecule has 0 radical (unpaired) electrons. The summed E-state index contributed by atoms with van der Waals surface area (Å²) in [4.78, 5) is 10.1. The molecule has 90 valence electrons. The molecule has 3 heterocycles. The fraction of sp³-hybridized carbons (Fsp3) is 0.462. The normalized spacial score (nSPS) is 17.6. The van der Waals surface area contributed by atoms with Crippen molar-refractivity contribution in [3.63, 3.8) is 0 Å². The molecule has 1 aliphatic rings. The van der Waals surface area contributed by atoms with Crippen LogP contribution in [0.25, 0.3) is 11.0 Å². The minimum absolute atomic E-state index is 1.00. The Morgan fingerprint density at radius 1 is 1.29 bits per heavy atom. The van der Waals surface area contributed by atoms with Crippen LogP contribution in [0.5, 0.6) is 0 Å². The van der Waals surface area contributed by atoms with Crippen LogP contribution in [0.1, 0.15) is 5.56 Å². The van der Waals surface area contributed by atoms with Crippen LogP contribution in [0.4, 0.5) is 0 Å². The fourth-order valence-corrected chi connectivity index (χ4v) is 2.43. The number of piperazine rings is 1. The quantitative estimate of drug-likeness (QED) is 0.827. The van der Waals surface area contributed by atoms with Gasteiger partial charge >= 0.3 is 0 Å². The lowest BCUT2D eigenvalue weighted by Gasteiger charge is -2.26. The van der Waals surface area contributed by atoms with Crippen LogP contribution >= 0.6 is 0 Å². The van der Waals surface area contributed by atoms with Gasteiger partial charge in [0.25, 0.3) is 0 Å². The molecule has 1 fully saturated rings. The molecule has 0 aromatic carbocycles. The van der Waals surface area contributed by atoms with Gasteiger partial charge in [-0.3, -0.25) is 0 Å². The minimum atomic E-state index is 1.00. The van der Waals surface area contributed by atoms with Crippen molar-refractivity contribution in [1.29, 1.82) is 0 Å². The number of hydrogen-bond donors (Lipinski definition) is 2. The maximum atomic E-state index is 4.32. The van der Waals surface area contributed by atoms with Crippen molar-refractivity contribution in [2.75, 3.05) is 32.7 Å². The van der Waals surface area contributed by atoms with Crippen molar-refractivity contribution in [2.45, 2.75) is 6.42 Å². The van der Waals surface area contributed by atoms with Gasteiger partial charge in [0.05, 0.1) is 0 Å². The number of nitrogens with zero attached hydrogens (tertiary/aromatic N) is 2. The summed E-state index contributed by atoms with van der Waals surface area (Å²) in [6.45, 7) is 5.72. The molecule has 0 saturated carbocycles. The number of aromatic amines is 1. The van der Waals surface area contributed by atoms with Gasteiger partial charge < -0.3 is 15.2 Å². The molecule has 1 saturated heterocycles. The van der Waals surface area contributed by atoms with Gasteiger partial charge in [-0.15, -0.1) is 0 Å². The smallest absolute Gasteiger partial charge is 0.137 e. The van der Waals surface area contributed by atoms with Gasteiger partial charge in [-0.2, -0.15) is 0 Å². The van der Waals surface area contributed by atoms with Crippen molar-refractivity contribution in [1.82, 2.24) is 20.2 Å². The Morgan fingerprint density at radius 3 is 3.06 bits per heavy atom. The van der Waals surface area contributed by atoms with E-state index in [1.807, 2.05) is 12.3 Å². The molecular weight excluding hydrogens is 212 g/mol. The number of rotatable bonds is 3. The molecule has 2 N–H and O–H groups in total. The van der Waals surface area contributed by atoms with Crippen LogP contribution in [0, 0.1) is 0 Å². The average Bonchev–Trinajstić information content (AvgIpc) is 2.81. The third kappa shape index (κ3) is 2.33. The highest BCUT2D eigenvalue weighted by atomic mass is 15.2. The second-order valence-corrected chi connectivity index (χ2v) is 4.56. The van der Waals surface area contributed by atoms with Crippen LogP contribution in [-0.2, 0) is 6.42 Å². The number of fused-ring (bicyclic) bond motifs is 1. The highest BCUT2D eigenvalue weighted by Crippen LogP contribution is 2.16. The maximum Gasteiger partial charge on any atom is 0.137 e. The summed E-state index contributed by atoms with van der Waals surface area (Å²) >= 11 is 0. The van der Waals surface area contributed by atoms with Crippen molar-refractivity contribution < 1.29 is 0 Å². The molecule has 0 bridgehead atoms. The highest BCUT2D eigenvalue weighted by molar-refractivity contribution is 5.79. The van der Waals surface area contributed by atoms with Gasteiger partial charge in [0.1, 0.15) is 5.65 Å². The Hall–Kier alpha value is -1.39. The summed E-state index contributed by atoms with van der Waals surface area (Å²) in [6, 6.07) is 4.15. The molecule has 2 aromatic rings. The summed E-state index contributed by atoms with van der Waals surface area (Å²) in [5.41, 5.74) is 2.38. The Balaban J connectivity index is 1.68. The van der Waals surface area contributed by atoms with Crippen LogP contribution < -0.4 is 5.32 Å². The van der Waals surface area contributed by atoms with E-state index in [0.717, 1.165) is 31.7 Å². The monoisotopic (exact) mass is 230 g/mol. The topological polar surface area (TPSA) is 44.0 Å². The van der Waals surface area contributed by atoms with Crippen LogP contribution in [0.15, 0.2) is 24.5 Å². The van der Waals surface area contributed by atoms with E-state index < -0.39 is 0 Å². The first-order valence-corrected chi connectivity index (χ1v) is 6.27. The van der Waals surface area contributed by atoms with Crippen molar-refractivity contribution in [3.8, 4) is 0 Å². The highest BCUT2D eigenvalue weighted by Gasteiger charge is 2.10. The summed E-state index contributed by atoms with van der Waals surface area (Å²) in [5.74, 6) is 0. The van der Waals surface area contributed by atoms with Gasteiger partial charge in [-0.05, 0) is 24.1 Å². The lowest BCUT2D eigenvalue weighted by atomic mass is 10.1. The van der Waals surface area contributed by atoms with Crippen molar-refractivity contribution in [2.24, 2.45) is 0 Å². The number of nitrogens with one attached hydrogen (secondary N) is 2. The third-order valence-corrected chi connectivity index (χ3v) is 3.44. The van der Waals surface area contributed by atoms with Crippen LogP contribution in [-0.4, -0.2) is 47.6 Å². The van der Waals surface area contributed by atoms with Crippen molar-refractivity contribution in [3.05, 3.63) is 30.1 Å². The summed E-state index contributed by atoms with van der Waals surface area (Å²) in [6.07, 6.45) is 5.03. The lowest BCUT2D eigenvalue weighted by Crippen LogP contribution is -2.44. The van der Waals surface area contributed by atoms with E-state index in [-0.39, 0.29) is 0 Å². The van der Waals surface area contributed by atoms with E-state index in [9.17, 15) is 0 Å². The molecule has 1 aliphatic heterocycles. The van der Waals surface area contributed by atoms with E-state index in [0.29, 0.717) is 0 Å². The number of aromatic nitrogens is 2. The zero-order valence-corrected chi connectivity index (χ0v) is 9.95. The molecule has 4 nitrogen and oxygen atoms in total. The number of hydrogen-bond acceptors (Lipinski definition) is 3. The molecule has 0 spiro atoms. The Bertz CT molecular complexity index is 485. The summed E-state index contributed by atoms with van der Waals surface area (Å²) in [7, 11) is 0.